The van der Waals surface area contributed by atoms with Gasteiger partial charge >= 0.3 is 5.97 Å². The minimum absolute atomic E-state index is 0.0284. The van der Waals surface area contributed by atoms with Gasteiger partial charge in [0.15, 0.2) is 19.7 Å². The lowest BCUT2D eigenvalue weighted by molar-refractivity contribution is -0.153. The number of rotatable bonds is 33. The summed E-state index contributed by atoms with van der Waals surface area (Å²) in [5.74, 6) is 2.03. The van der Waals surface area contributed by atoms with E-state index < -0.39 is 25.1 Å². The van der Waals surface area contributed by atoms with E-state index in [4.69, 9.17) is 33.2 Å². The van der Waals surface area contributed by atoms with Crippen molar-refractivity contribution in [2.24, 2.45) is 52.8 Å². The van der Waals surface area contributed by atoms with Crippen molar-refractivity contribution in [3.63, 3.8) is 0 Å². The van der Waals surface area contributed by atoms with Crippen LogP contribution in [0.4, 0.5) is 0 Å². The van der Waals surface area contributed by atoms with Crippen LogP contribution in [0.3, 0.4) is 0 Å². The number of esters is 1. The van der Waals surface area contributed by atoms with Crippen molar-refractivity contribution in [3.05, 3.63) is 107 Å². The first-order valence-corrected chi connectivity index (χ1v) is 39.3. The van der Waals surface area contributed by atoms with Crippen LogP contribution in [0.25, 0.3) is 0 Å². The molecule has 0 bridgehead atoms. The Bertz CT molecular complexity index is 2860. The van der Waals surface area contributed by atoms with E-state index in [-0.39, 0.29) is 121 Å². The SMILES string of the molecule is C=C(I)[C@H](C)C[C@H](C)CC[C@@H]1O[C@@H](CCCOC(=O)C(C)(C)C)CC1=C.C=C1C[C@H](CCCO)O[C@H]1CC[C@H]1C[C@@H](C)C(=C)[C@@H](C[C@@H]2OC(C[C@H](C)CC)[C@H](OC)[C@H]2CS(=O)(=O)c2ccccc2)O1.CC[C@@H](C)C[C@H]1O[C@@H](CC=O)[C@H](CS(=O)(=O)c2ccccc2)[C@H]1C. The number of benzene rings is 2. The molecule has 5 heterocycles. The first kappa shape index (κ1) is 80.6. The average Bonchev–Trinajstić information content (AvgIpc) is 1.70. The van der Waals surface area contributed by atoms with Gasteiger partial charge < -0.3 is 43.1 Å². The van der Waals surface area contributed by atoms with E-state index in [9.17, 15) is 31.5 Å². The summed E-state index contributed by atoms with van der Waals surface area (Å²) in [6, 6.07) is 17.2. The summed E-state index contributed by atoms with van der Waals surface area (Å²) in [5, 5.41) is 9.17. The lowest BCUT2D eigenvalue weighted by atomic mass is 9.83. The highest BCUT2D eigenvalue weighted by Crippen LogP contribution is 2.43. The molecule has 0 aromatic heterocycles. The summed E-state index contributed by atoms with van der Waals surface area (Å²) in [6.45, 7) is 40.7. The third-order valence-electron chi connectivity index (χ3n) is 20.2. The van der Waals surface area contributed by atoms with Gasteiger partial charge in [-0.2, -0.15) is 0 Å². The van der Waals surface area contributed by atoms with Crippen LogP contribution < -0.4 is 0 Å². The summed E-state index contributed by atoms with van der Waals surface area (Å²) in [5.41, 5.74) is 2.98. The predicted octanol–water partition coefficient (Wildman–Crippen LogP) is 16.3. The molecule has 526 valence electrons. The highest BCUT2D eigenvalue weighted by Gasteiger charge is 2.49. The van der Waals surface area contributed by atoms with Gasteiger partial charge in [0, 0.05) is 38.4 Å². The lowest BCUT2D eigenvalue weighted by Gasteiger charge is -2.38. The minimum Gasteiger partial charge on any atom is -0.465 e. The van der Waals surface area contributed by atoms with Gasteiger partial charge in [0.1, 0.15) is 6.29 Å². The smallest absolute Gasteiger partial charge is 0.311 e. The number of allylic oxidation sites excluding steroid dienone is 1. The number of carbonyl (C=O) groups is 2. The normalized spacial score (nSPS) is 29.6. The van der Waals surface area contributed by atoms with E-state index in [1.807, 2.05) is 26.8 Å². The second-order valence-electron chi connectivity index (χ2n) is 29.1. The number of aliphatic hydroxyl groups is 1. The number of hydrogen-bond acceptors (Lipinski definition) is 14. The minimum atomic E-state index is -3.55. The number of aliphatic hydroxyl groups excluding tert-OH is 1. The highest BCUT2D eigenvalue weighted by atomic mass is 127. The molecule has 2 aromatic carbocycles. The van der Waals surface area contributed by atoms with E-state index in [0.717, 1.165) is 114 Å². The van der Waals surface area contributed by atoms with Crippen molar-refractivity contribution in [1.29, 1.82) is 0 Å². The number of aldehydes is 1. The highest BCUT2D eigenvalue weighted by molar-refractivity contribution is 14.1. The topological polar surface area (TPSA) is 187 Å². The number of halogens is 1. The molecule has 5 aliphatic rings. The molecule has 1 N–H and O–H groups in total. The van der Waals surface area contributed by atoms with Crippen molar-refractivity contribution < 1.29 is 64.7 Å². The van der Waals surface area contributed by atoms with Crippen LogP contribution >= 0.6 is 22.6 Å². The first-order valence-electron chi connectivity index (χ1n) is 34.9. The number of sulfone groups is 2. The molecule has 0 saturated carbocycles. The van der Waals surface area contributed by atoms with Gasteiger partial charge in [0.2, 0.25) is 0 Å². The maximum Gasteiger partial charge on any atom is 0.311 e. The second kappa shape index (κ2) is 38.9. The standard InChI is InChI=1S/C35H54O7S.C22H37IO3.C19H28O4S/c1-7-23(2)18-34-35(39-6)30(22-43(37,38)29-13-9-8-10-14-29)33(42-34)21-32-26(5)24(3)19-28(41-32)15-16-31-25(4)20-27(40-31)12-11-17-36;1-15(13-16(2)18(4)23)10-11-20-17(3)14-19(26-20)9-8-12-25-21(24)22(5,6)7;1-4-14(2)12-19-15(3)17(18(23-19)10-11-20)13-24(21,22)16-8-6-5-7-9-16/h8-10,13-14,23-24,27-28,30-36H,4-5,7,11-12,15-22H2,1-3,6H3;15-16,19-20H,3-4,8-14H2,1-2,5-7H3;5-9,11,14-15,17-19H,4,10,12-13H2,1-3H3/t23-,24-,27+,28+,30+,31+,32-,33+,34?,35-;15-,16-,19+,20+;14-,15-,17-,18+,19-/m111/s1. The fraction of sp³-hybridized carbons (Fsp3) is 0.711. The largest absolute Gasteiger partial charge is 0.465 e. The van der Waals surface area contributed by atoms with Crippen molar-refractivity contribution >= 4 is 54.5 Å². The third-order valence-corrected chi connectivity index (χ3v) is 24.9. The molecule has 0 spiro atoms. The van der Waals surface area contributed by atoms with Crippen LogP contribution in [-0.2, 0) is 62.4 Å². The summed E-state index contributed by atoms with van der Waals surface area (Å²) in [6.07, 6.45) is 16.0. The van der Waals surface area contributed by atoms with Gasteiger partial charge in [0.05, 0.1) is 100 Å². The summed E-state index contributed by atoms with van der Waals surface area (Å²) in [7, 11) is -5.26. The molecule has 2 aromatic rings. The van der Waals surface area contributed by atoms with Crippen molar-refractivity contribution in [2.75, 3.05) is 31.8 Å². The van der Waals surface area contributed by atoms with Gasteiger partial charge in [-0.05, 0) is 213 Å². The molecule has 5 saturated heterocycles. The first-order chi connectivity index (χ1) is 43.9. The van der Waals surface area contributed by atoms with E-state index in [1.165, 1.54) is 15.6 Å². The Morgan fingerprint density at radius 3 is 1.72 bits per heavy atom. The monoisotopic (exact) mass is 1450 g/mol. The summed E-state index contributed by atoms with van der Waals surface area (Å²) in [4.78, 5) is 23.4. The number of carbonyl (C=O) groups excluding carboxylic acids is 2. The fourth-order valence-corrected chi connectivity index (χ4v) is 17.5. The molecule has 1 unspecified atom stereocenters. The zero-order valence-corrected chi connectivity index (χ0v) is 62.4. The molecular weight excluding hydrogens is 1330 g/mol. The Labute approximate surface area is 575 Å². The summed E-state index contributed by atoms with van der Waals surface area (Å²) < 4.78 is 97.1. The third kappa shape index (κ3) is 25.3. The van der Waals surface area contributed by atoms with E-state index in [2.05, 4.69) is 104 Å². The molecule has 17 heteroatoms. The molecule has 0 amide bonds. The van der Waals surface area contributed by atoms with Crippen LogP contribution in [0.2, 0.25) is 0 Å². The lowest BCUT2D eigenvalue weighted by Crippen LogP contribution is -2.40. The van der Waals surface area contributed by atoms with Crippen LogP contribution in [0.5, 0.6) is 0 Å². The molecular formula is C76H119IO14S2. The molecule has 93 heavy (non-hydrogen) atoms. The zero-order valence-electron chi connectivity index (χ0n) is 58.7. The molecule has 19 atom stereocenters. The van der Waals surface area contributed by atoms with Crippen molar-refractivity contribution in [2.45, 2.75) is 269 Å². The van der Waals surface area contributed by atoms with Crippen LogP contribution in [-0.4, -0.2) is 133 Å². The van der Waals surface area contributed by atoms with Crippen LogP contribution in [0.1, 0.15) is 192 Å². The Hall–Kier alpha value is -3.11. The van der Waals surface area contributed by atoms with Crippen molar-refractivity contribution in [1.82, 2.24) is 0 Å². The number of hydrogen-bond donors (Lipinski definition) is 1. The second-order valence-corrected chi connectivity index (χ2v) is 34.5. The van der Waals surface area contributed by atoms with Gasteiger partial charge in [-0.15, -0.1) is 0 Å². The molecule has 0 radical (unpaired) electrons. The van der Waals surface area contributed by atoms with E-state index in [1.54, 1.807) is 61.7 Å². The zero-order chi connectivity index (χ0) is 68.8. The maximum absolute atomic E-state index is 13.6. The maximum atomic E-state index is 13.6. The van der Waals surface area contributed by atoms with Gasteiger partial charge in [-0.1, -0.05) is 131 Å². The molecule has 7 rings (SSSR count). The Balaban J connectivity index is 0.000000270. The van der Waals surface area contributed by atoms with Gasteiger partial charge in [0.25, 0.3) is 0 Å². The van der Waals surface area contributed by atoms with E-state index >= 15 is 0 Å². The Morgan fingerprint density at radius 1 is 0.688 bits per heavy atom. The fourth-order valence-electron chi connectivity index (χ4n) is 13.8. The van der Waals surface area contributed by atoms with Crippen LogP contribution in [0.15, 0.2) is 117 Å². The Kier molecular flexibility index (Phi) is 33.7. The molecule has 0 aliphatic carbocycles. The average molecular weight is 1450 g/mol. The number of ether oxygens (including phenoxy) is 7. The summed E-state index contributed by atoms with van der Waals surface area (Å²) >= 11 is 2.33. The van der Waals surface area contributed by atoms with Crippen LogP contribution in [0, 0.1) is 52.8 Å². The van der Waals surface area contributed by atoms with Gasteiger partial charge in [-0.25, -0.2) is 16.8 Å². The van der Waals surface area contributed by atoms with E-state index in [0.29, 0.717) is 46.5 Å². The number of methoxy groups -OCH3 is 1. The van der Waals surface area contributed by atoms with Gasteiger partial charge in [-0.3, -0.25) is 4.79 Å². The Morgan fingerprint density at radius 2 is 1.20 bits per heavy atom. The predicted molar refractivity (Wildman–Crippen MR) is 382 cm³/mol. The van der Waals surface area contributed by atoms with Crippen molar-refractivity contribution in [3.8, 4) is 0 Å². The quantitative estimate of drug-likeness (QED) is 0.0234. The molecule has 5 fully saturated rings. The molecule has 5 aliphatic heterocycles. The molecule has 14 nitrogen and oxygen atoms in total.